The Bertz CT molecular complexity index is 327. The third-order valence-corrected chi connectivity index (χ3v) is 4.61. The molecule has 4 nitrogen and oxygen atoms in total. The van der Waals surface area contributed by atoms with E-state index >= 15 is 0 Å². The Kier molecular flexibility index (Phi) is 2.69. The highest BCUT2D eigenvalue weighted by Gasteiger charge is 2.52. The molecular weight excluding hydrogens is 216 g/mol. The number of imide groups is 1. The van der Waals surface area contributed by atoms with Gasteiger partial charge in [-0.3, -0.25) is 14.5 Å². The zero-order chi connectivity index (χ0) is 12.0. The van der Waals surface area contributed by atoms with Crippen LogP contribution in [0.2, 0.25) is 0 Å². The normalized spacial score (nSPS) is 35.0. The Balaban J connectivity index is 1.84. The summed E-state index contributed by atoms with van der Waals surface area (Å²) in [5.74, 6) is 0.574. The Morgan fingerprint density at radius 3 is 2.00 bits per heavy atom. The monoisotopic (exact) mass is 236 g/mol. The number of carbonyl (C=O) groups is 2. The second-order valence-electron chi connectivity index (χ2n) is 5.68. The smallest absolute Gasteiger partial charge is 0.233 e. The first-order valence-electron chi connectivity index (χ1n) is 6.81. The SMILES string of the molecule is NCC(C1CC1)N1C(=O)C2CCCCC2C1=O. The maximum atomic E-state index is 12.3. The highest BCUT2D eigenvalue weighted by molar-refractivity contribution is 6.05. The van der Waals surface area contributed by atoms with Gasteiger partial charge in [-0.05, 0) is 31.6 Å². The fourth-order valence-electron chi connectivity index (χ4n) is 3.50. The highest BCUT2D eigenvalue weighted by atomic mass is 16.2. The predicted octanol–water partition coefficient (Wildman–Crippen LogP) is 0.899. The Hall–Kier alpha value is -0.900. The van der Waals surface area contributed by atoms with Gasteiger partial charge in [0.05, 0.1) is 17.9 Å². The Morgan fingerprint density at radius 2 is 1.59 bits per heavy atom. The van der Waals surface area contributed by atoms with Gasteiger partial charge < -0.3 is 5.73 Å². The second-order valence-corrected chi connectivity index (χ2v) is 5.68. The molecule has 1 aliphatic heterocycles. The number of fused-ring (bicyclic) bond motifs is 1. The van der Waals surface area contributed by atoms with Gasteiger partial charge in [0.2, 0.25) is 11.8 Å². The van der Waals surface area contributed by atoms with Crippen molar-refractivity contribution in [2.75, 3.05) is 6.54 Å². The van der Waals surface area contributed by atoms with Crippen molar-refractivity contribution in [2.45, 2.75) is 44.6 Å². The Labute approximate surface area is 102 Å². The molecule has 1 heterocycles. The van der Waals surface area contributed by atoms with Crippen LogP contribution in [0.5, 0.6) is 0 Å². The van der Waals surface area contributed by atoms with Crippen LogP contribution < -0.4 is 5.73 Å². The molecule has 3 unspecified atom stereocenters. The van der Waals surface area contributed by atoms with E-state index in [2.05, 4.69) is 0 Å². The minimum atomic E-state index is -0.0240. The number of nitrogens with zero attached hydrogens (tertiary/aromatic N) is 1. The summed E-state index contributed by atoms with van der Waals surface area (Å²) in [4.78, 5) is 26.2. The average molecular weight is 236 g/mol. The van der Waals surface area contributed by atoms with E-state index in [1.165, 1.54) is 0 Å². The zero-order valence-corrected chi connectivity index (χ0v) is 10.1. The number of likely N-dealkylation sites (tertiary alicyclic amines) is 1. The lowest BCUT2D eigenvalue weighted by Gasteiger charge is -2.25. The maximum absolute atomic E-state index is 12.3. The van der Waals surface area contributed by atoms with Crippen molar-refractivity contribution in [3.63, 3.8) is 0 Å². The first-order valence-corrected chi connectivity index (χ1v) is 6.81. The van der Waals surface area contributed by atoms with E-state index in [9.17, 15) is 9.59 Å². The number of carbonyl (C=O) groups excluding carboxylic acids is 2. The summed E-state index contributed by atoms with van der Waals surface area (Å²) in [6, 6.07) is -0.0133. The molecule has 0 aromatic carbocycles. The van der Waals surface area contributed by atoms with Gasteiger partial charge in [-0.1, -0.05) is 12.8 Å². The highest BCUT2D eigenvalue weighted by Crippen LogP contribution is 2.43. The standard InChI is InChI=1S/C13H20N2O2/c14-7-11(8-5-6-8)15-12(16)9-3-1-2-4-10(9)13(15)17/h8-11H,1-7,14H2. The van der Waals surface area contributed by atoms with Crippen molar-refractivity contribution in [2.24, 2.45) is 23.5 Å². The van der Waals surface area contributed by atoms with Crippen LogP contribution in [0.1, 0.15) is 38.5 Å². The maximum Gasteiger partial charge on any atom is 0.233 e. The topological polar surface area (TPSA) is 63.4 Å². The molecule has 3 fully saturated rings. The van der Waals surface area contributed by atoms with Crippen LogP contribution in [-0.4, -0.2) is 29.3 Å². The molecule has 2 saturated carbocycles. The predicted molar refractivity (Wildman–Crippen MR) is 62.9 cm³/mol. The lowest BCUT2D eigenvalue weighted by molar-refractivity contribution is -0.143. The van der Waals surface area contributed by atoms with Crippen molar-refractivity contribution in [1.82, 2.24) is 4.90 Å². The molecule has 2 aliphatic carbocycles. The zero-order valence-electron chi connectivity index (χ0n) is 10.1. The molecule has 1 saturated heterocycles. The molecule has 3 atom stereocenters. The van der Waals surface area contributed by atoms with Crippen LogP contribution in [-0.2, 0) is 9.59 Å². The van der Waals surface area contributed by atoms with Gasteiger partial charge in [0.25, 0.3) is 0 Å². The summed E-state index contributed by atoms with van der Waals surface area (Å²) in [6.07, 6.45) is 6.21. The summed E-state index contributed by atoms with van der Waals surface area (Å²) in [5.41, 5.74) is 5.76. The average Bonchev–Trinajstić information content (AvgIpc) is 3.15. The summed E-state index contributed by atoms with van der Waals surface area (Å²) in [6.45, 7) is 0.432. The summed E-state index contributed by atoms with van der Waals surface area (Å²) in [5, 5.41) is 0. The van der Waals surface area contributed by atoms with E-state index in [0.29, 0.717) is 12.5 Å². The fourth-order valence-corrected chi connectivity index (χ4v) is 3.50. The molecule has 4 heteroatoms. The number of amides is 2. The van der Waals surface area contributed by atoms with Crippen molar-refractivity contribution in [3.05, 3.63) is 0 Å². The van der Waals surface area contributed by atoms with E-state index in [4.69, 9.17) is 5.73 Å². The van der Waals surface area contributed by atoms with Gasteiger partial charge in [-0.2, -0.15) is 0 Å². The minimum absolute atomic E-state index is 0.0133. The second kappa shape index (κ2) is 4.09. The van der Waals surface area contributed by atoms with Gasteiger partial charge in [0.15, 0.2) is 0 Å². The molecule has 3 aliphatic rings. The number of nitrogens with two attached hydrogens (primary N) is 1. The third-order valence-electron chi connectivity index (χ3n) is 4.61. The lowest BCUT2D eigenvalue weighted by Crippen LogP contribution is -2.46. The summed E-state index contributed by atoms with van der Waals surface area (Å²) < 4.78 is 0. The Morgan fingerprint density at radius 1 is 1.06 bits per heavy atom. The van der Waals surface area contributed by atoms with Crippen LogP contribution in [0.4, 0.5) is 0 Å². The van der Waals surface area contributed by atoms with Gasteiger partial charge in [-0.25, -0.2) is 0 Å². The van der Waals surface area contributed by atoms with E-state index in [-0.39, 0.29) is 29.7 Å². The molecule has 0 aromatic heterocycles. The molecule has 2 amide bonds. The van der Waals surface area contributed by atoms with Gasteiger partial charge in [-0.15, -0.1) is 0 Å². The van der Waals surface area contributed by atoms with Crippen LogP contribution in [0, 0.1) is 17.8 Å². The minimum Gasteiger partial charge on any atom is -0.328 e. The van der Waals surface area contributed by atoms with E-state index in [1.807, 2.05) is 0 Å². The molecule has 0 aromatic rings. The van der Waals surface area contributed by atoms with Crippen molar-refractivity contribution >= 4 is 11.8 Å². The molecule has 0 bridgehead atoms. The number of rotatable bonds is 3. The van der Waals surface area contributed by atoms with Crippen molar-refractivity contribution in [3.8, 4) is 0 Å². The molecule has 94 valence electrons. The lowest BCUT2D eigenvalue weighted by atomic mass is 9.81. The quantitative estimate of drug-likeness (QED) is 0.740. The summed E-state index contributed by atoms with van der Waals surface area (Å²) >= 11 is 0. The largest absolute Gasteiger partial charge is 0.328 e. The molecular formula is C13H20N2O2. The van der Waals surface area contributed by atoms with E-state index in [0.717, 1.165) is 38.5 Å². The van der Waals surface area contributed by atoms with Gasteiger partial charge in [0.1, 0.15) is 0 Å². The molecule has 3 rings (SSSR count). The van der Waals surface area contributed by atoms with Crippen LogP contribution in [0.3, 0.4) is 0 Å². The van der Waals surface area contributed by atoms with E-state index < -0.39 is 0 Å². The van der Waals surface area contributed by atoms with Crippen molar-refractivity contribution in [1.29, 1.82) is 0 Å². The summed E-state index contributed by atoms with van der Waals surface area (Å²) in [7, 11) is 0. The van der Waals surface area contributed by atoms with E-state index in [1.54, 1.807) is 4.90 Å². The first-order chi connectivity index (χ1) is 8.24. The number of hydrogen-bond acceptors (Lipinski definition) is 3. The van der Waals surface area contributed by atoms with Crippen LogP contribution >= 0.6 is 0 Å². The fraction of sp³-hybridized carbons (Fsp3) is 0.846. The molecule has 17 heavy (non-hydrogen) atoms. The van der Waals surface area contributed by atoms with Crippen molar-refractivity contribution < 1.29 is 9.59 Å². The third kappa shape index (κ3) is 1.69. The molecule has 0 spiro atoms. The first kappa shape index (κ1) is 11.2. The van der Waals surface area contributed by atoms with Gasteiger partial charge >= 0.3 is 0 Å². The molecule has 0 radical (unpaired) electrons. The van der Waals surface area contributed by atoms with Gasteiger partial charge in [0, 0.05) is 6.54 Å². The van der Waals surface area contributed by atoms with Crippen LogP contribution in [0.25, 0.3) is 0 Å². The molecule has 2 N–H and O–H groups in total. The van der Waals surface area contributed by atoms with Crippen LogP contribution in [0.15, 0.2) is 0 Å². The number of hydrogen-bond donors (Lipinski definition) is 1.